The highest BCUT2D eigenvalue weighted by molar-refractivity contribution is 5.86. The molecule has 5 nitrogen and oxygen atoms in total. The summed E-state index contributed by atoms with van der Waals surface area (Å²) in [5.74, 6) is -0.155. The molecule has 0 atom stereocenters. The summed E-state index contributed by atoms with van der Waals surface area (Å²) in [6.45, 7) is 5.71. The van der Waals surface area contributed by atoms with Gasteiger partial charge in [-0.2, -0.15) is 0 Å². The smallest absolute Gasteiger partial charge is 0.373 e. The first kappa shape index (κ1) is 12.4. The maximum Gasteiger partial charge on any atom is 0.373 e. The summed E-state index contributed by atoms with van der Waals surface area (Å²) >= 11 is 0. The lowest BCUT2D eigenvalue weighted by Crippen LogP contribution is -2.01. The Hall–Kier alpha value is -2.04. The molecule has 0 aliphatic rings. The molecule has 1 N–H and O–H groups in total. The predicted octanol–water partition coefficient (Wildman–Crippen LogP) is 3.32. The monoisotopic (exact) mass is 249 g/mol. The number of aromatic nitrogens is 1. The number of hydrogen-bond donors (Lipinski definition) is 1. The summed E-state index contributed by atoms with van der Waals surface area (Å²) in [7, 11) is 0. The van der Waals surface area contributed by atoms with Crippen LogP contribution in [0.5, 0.6) is 0 Å². The van der Waals surface area contributed by atoms with Gasteiger partial charge in [-0.05, 0) is 12.0 Å². The Morgan fingerprint density at radius 3 is 2.72 bits per heavy atom. The minimum atomic E-state index is -1.10. The lowest BCUT2D eigenvalue weighted by molar-refractivity contribution is 0.0661. The zero-order chi connectivity index (χ0) is 13.3. The van der Waals surface area contributed by atoms with E-state index in [1.807, 2.05) is 20.8 Å². The van der Waals surface area contributed by atoms with Crippen molar-refractivity contribution in [2.45, 2.75) is 33.1 Å². The summed E-state index contributed by atoms with van der Waals surface area (Å²) in [6.07, 6.45) is 2.25. The Labute approximate surface area is 104 Å². The summed E-state index contributed by atoms with van der Waals surface area (Å²) in [5.41, 5.74) is 1.17. The normalized spacial score (nSPS) is 11.1. The largest absolute Gasteiger partial charge is 0.475 e. The van der Waals surface area contributed by atoms with Crippen molar-refractivity contribution in [2.24, 2.45) is 0 Å². The van der Waals surface area contributed by atoms with Gasteiger partial charge in [0.2, 0.25) is 11.7 Å². The van der Waals surface area contributed by atoms with Crippen LogP contribution in [0.2, 0.25) is 0 Å². The standard InChI is InChI=1S/C13H15NO4/c1-4-9-8(5-6-17-9)12-14-10(7(2)3)11(18-12)13(15)16/h5-7H,4H2,1-3H3,(H,15,16). The Balaban J connectivity index is 2.53. The lowest BCUT2D eigenvalue weighted by atomic mass is 10.1. The molecule has 2 rings (SSSR count). The first-order valence-electron chi connectivity index (χ1n) is 5.85. The third-order valence-corrected chi connectivity index (χ3v) is 2.69. The maximum atomic E-state index is 11.1. The molecule has 0 saturated heterocycles. The van der Waals surface area contributed by atoms with Crippen molar-refractivity contribution in [2.75, 3.05) is 0 Å². The van der Waals surface area contributed by atoms with Gasteiger partial charge in [0, 0.05) is 6.42 Å². The Kier molecular flexibility index (Phi) is 3.23. The first-order chi connectivity index (χ1) is 8.54. The molecule has 2 aromatic rings. The van der Waals surface area contributed by atoms with Crippen LogP contribution in [0.4, 0.5) is 0 Å². The van der Waals surface area contributed by atoms with Gasteiger partial charge in [-0.25, -0.2) is 9.78 Å². The highest BCUT2D eigenvalue weighted by Gasteiger charge is 2.24. The average Bonchev–Trinajstić information content (AvgIpc) is 2.94. The first-order valence-corrected chi connectivity index (χ1v) is 5.85. The second kappa shape index (κ2) is 4.68. The molecule has 0 bridgehead atoms. The van der Waals surface area contributed by atoms with Gasteiger partial charge in [0.25, 0.3) is 0 Å². The van der Waals surface area contributed by atoms with E-state index in [1.54, 1.807) is 12.3 Å². The third kappa shape index (κ3) is 2.03. The predicted molar refractivity (Wildman–Crippen MR) is 64.6 cm³/mol. The van der Waals surface area contributed by atoms with Gasteiger partial charge in [-0.3, -0.25) is 0 Å². The van der Waals surface area contributed by atoms with E-state index in [-0.39, 0.29) is 11.7 Å². The van der Waals surface area contributed by atoms with E-state index < -0.39 is 5.97 Å². The molecule has 0 amide bonds. The number of carboxylic acid groups (broad SMARTS) is 1. The quantitative estimate of drug-likeness (QED) is 0.899. The number of oxazole rings is 1. The molecule has 2 heterocycles. The molecule has 0 fully saturated rings. The van der Waals surface area contributed by atoms with Gasteiger partial charge >= 0.3 is 5.97 Å². The van der Waals surface area contributed by atoms with E-state index >= 15 is 0 Å². The number of nitrogens with zero attached hydrogens (tertiary/aromatic N) is 1. The van der Waals surface area contributed by atoms with Crippen molar-refractivity contribution < 1.29 is 18.7 Å². The van der Waals surface area contributed by atoms with Crippen molar-refractivity contribution in [3.05, 3.63) is 29.5 Å². The Morgan fingerprint density at radius 2 is 2.22 bits per heavy atom. The van der Waals surface area contributed by atoms with E-state index in [0.29, 0.717) is 23.6 Å². The molecular weight excluding hydrogens is 234 g/mol. The molecule has 0 unspecified atom stereocenters. The molecule has 2 aromatic heterocycles. The van der Waals surface area contributed by atoms with Crippen LogP contribution in [0.25, 0.3) is 11.5 Å². The second-order valence-electron chi connectivity index (χ2n) is 4.30. The number of carbonyl (C=O) groups is 1. The number of carboxylic acids is 1. The van der Waals surface area contributed by atoms with Crippen LogP contribution in [0.1, 0.15) is 48.7 Å². The molecule has 18 heavy (non-hydrogen) atoms. The number of rotatable bonds is 4. The van der Waals surface area contributed by atoms with Crippen molar-refractivity contribution in [1.29, 1.82) is 0 Å². The zero-order valence-electron chi connectivity index (χ0n) is 10.6. The summed E-state index contributed by atoms with van der Waals surface area (Å²) in [5, 5.41) is 9.09. The van der Waals surface area contributed by atoms with E-state index in [1.165, 1.54) is 0 Å². The highest BCUT2D eigenvalue weighted by Crippen LogP contribution is 2.29. The fourth-order valence-electron chi connectivity index (χ4n) is 1.80. The van der Waals surface area contributed by atoms with Crippen LogP contribution in [-0.2, 0) is 6.42 Å². The molecule has 96 valence electrons. The number of aryl methyl sites for hydroxylation is 1. The Bertz CT molecular complexity index is 565. The minimum absolute atomic E-state index is 0.00872. The average molecular weight is 249 g/mol. The topological polar surface area (TPSA) is 76.5 Å². The molecule has 0 radical (unpaired) electrons. The van der Waals surface area contributed by atoms with Crippen molar-refractivity contribution in [1.82, 2.24) is 4.98 Å². The van der Waals surface area contributed by atoms with Gasteiger partial charge in [-0.15, -0.1) is 0 Å². The number of aromatic carboxylic acids is 1. The number of hydrogen-bond acceptors (Lipinski definition) is 4. The van der Waals surface area contributed by atoms with Crippen molar-refractivity contribution in [3.8, 4) is 11.5 Å². The number of furan rings is 1. The molecule has 0 aliphatic heterocycles. The van der Waals surface area contributed by atoms with Gasteiger partial charge in [-0.1, -0.05) is 20.8 Å². The van der Waals surface area contributed by atoms with Gasteiger partial charge in [0.1, 0.15) is 5.76 Å². The summed E-state index contributed by atoms with van der Waals surface area (Å²) < 4.78 is 10.6. The molecule has 0 aliphatic carbocycles. The van der Waals surface area contributed by atoms with Gasteiger partial charge in [0.05, 0.1) is 17.5 Å². The fraction of sp³-hybridized carbons (Fsp3) is 0.385. The van der Waals surface area contributed by atoms with E-state index in [2.05, 4.69) is 4.98 Å². The van der Waals surface area contributed by atoms with Crippen LogP contribution in [-0.4, -0.2) is 16.1 Å². The van der Waals surface area contributed by atoms with Gasteiger partial charge in [0.15, 0.2) is 0 Å². The minimum Gasteiger partial charge on any atom is -0.475 e. The fourth-order valence-corrected chi connectivity index (χ4v) is 1.80. The van der Waals surface area contributed by atoms with Crippen molar-refractivity contribution in [3.63, 3.8) is 0 Å². The molecular formula is C13H15NO4. The van der Waals surface area contributed by atoms with Crippen LogP contribution in [0.3, 0.4) is 0 Å². The summed E-state index contributed by atoms with van der Waals surface area (Å²) in [4.78, 5) is 15.4. The molecule has 0 saturated carbocycles. The van der Waals surface area contributed by atoms with Gasteiger partial charge < -0.3 is 13.9 Å². The van der Waals surface area contributed by atoms with Crippen LogP contribution >= 0.6 is 0 Å². The van der Waals surface area contributed by atoms with Crippen LogP contribution < -0.4 is 0 Å². The van der Waals surface area contributed by atoms with E-state index in [9.17, 15) is 4.79 Å². The third-order valence-electron chi connectivity index (χ3n) is 2.69. The highest BCUT2D eigenvalue weighted by atomic mass is 16.4. The SMILES string of the molecule is CCc1occc1-c1nc(C(C)C)c(C(=O)O)o1. The molecule has 5 heteroatoms. The van der Waals surface area contributed by atoms with E-state index in [0.717, 1.165) is 5.76 Å². The summed E-state index contributed by atoms with van der Waals surface area (Å²) in [6, 6.07) is 1.74. The zero-order valence-corrected chi connectivity index (χ0v) is 10.6. The van der Waals surface area contributed by atoms with E-state index in [4.69, 9.17) is 13.9 Å². The molecule has 0 aromatic carbocycles. The second-order valence-corrected chi connectivity index (χ2v) is 4.30. The lowest BCUT2D eigenvalue weighted by Gasteiger charge is -1.98. The van der Waals surface area contributed by atoms with Crippen LogP contribution in [0.15, 0.2) is 21.2 Å². The Morgan fingerprint density at radius 1 is 1.50 bits per heavy atom. The van der Waals surface area contributed by atoms with Crippen molar-refractivity contribution >= 4 is 5.97 Å². The molecule has 0 spiro atoms. The van der Waals surface area contributed by atoms with Crippen LogP contribution in [0, 0.1) is 0 Å². The maximum absolute atomic E-state index is 11.1.